The number of Topliss-reactive ketones (excluding diaryl/α,β-unsaturated/α-hetero) is 1. The molecule has 3 nitrogen and oxygen atoms in total. The molecule has 1 aromatic carbocycles. The monoisotopic (exact) mass is 296 g/mol. The summed E-state index contributed by atoms with van der Waals surface area (Å²) in [7, 11) is 0. The zero-order valence-electron chi connectivity index (χ0n) is 10.1. The van der Waals surface area contributed by atoms with Crippen molar-refractivity contribution in [2.75, 3.05) is 0 Å². The molecule has 0 fully saturated rings. The second-order valence-electron chi connectivity index (χ2n) is 4.56. The van der Waals surface area contributed by atoms with Crippen molar-refractivity contribution in [3.05, 3.63) is 29.3 Å². The van der Waals surface area contributed by atoms with Gasteiger partial charge in [0, 0.05) is 0 Å². The van der Waals surface area contributed by atoms with E-state index in [1.54, 1.807) is 6.92 Å². The number of halogens is 5. The first-order valence-electron chi connectivity index (χ1n) is 5.48. The smallest absolute Gasteiger partial charge is 0.454 e. The molecule has 1 N–H and O–H groups in total. The molecular formula is C12H9F5O3. The van der Waals surface area contributed by atoms with Crippen LogP contribution in [0, 0.1) is 6.92 Å². The number of hydrogen-bond acceptors (Lipinski definition) is 3. The molecule has 0 amide bonds. The van der Waals surface area contributed by atoms with Crippen molar-refractivity contribution in [3.8, 4) is 5.75 Å². The average molecular weight is 296 g/mol. The minimum Gasteiger partial charge on any atom is -0.454 e. The van der Waals surface area contributed by atoms with Gasteiger partial charge in [-0.15, -0.1) is 0 Å². The molecule has 0 unspecified atom stereocenters. The van der Waals surface area contributed by atoms with Crippen LogP contribution in [0.1, 0.15) is 22.3 Å². The molecule has 0 saturated heterocycles. The standard InChI is InChI=1S/C12H9F5O3/c1-6-2-3-9-7(4-6)8(18)5-10(19,20-9)11(13,14)12(15,16)17/h2-4,19H,5H2,1H3/t10-/m1/s1. The fourth-order valence-electron chi connectivity index (χ4n) is 1.88. The molecule has 20 heavy (non-hydrogen) atoms. The van der Waals surface area contributed by atoms with Crippen LogP contribution in [-0.4, -0.2) is 28.8 Å². The van der Waals surface area contributed by atoms with Crippen LogP contribution in [0.3, 0.4) is 0 Å². The van der Waals surface area contributed by atoms with E-state index < -0.39 is 35.8 Å². The topological polar surface area (TPSA) is 46.5 Å². The molecule has 0 saturated carbocycles. The third kappa shape index (κ3) is 2.04. The molecule has 0 radical (unpaired) electrons. The van der Waals surface area contributed by atoms with E-state index in [9.17, 15) is 31.9 Å². The van der Waals surface area contributed by atoms with Crippen molar-refractivity contribution in [2.45, 2.75) is 31.2 Å². The third-order valence-corrected chi connectivity index (χ3v) is 2.96. The summed E-state index contributed by atoms with van der Waals surface area (Å²) in [6.07, 6.45) is -7.51. The Balaban J connectivity index is 2.49. The largest absolute Gasteiger partial charge is 0.460 e. The maximum Gasteiger partial charge on any atom is 0.460 e. The van der Waals surface area contributed by atoms with Gasteiger partial charge >= 0.3 is 12.1 Å². The lowest BCUT2D eigenvalue weighted by Gasteiger charge is -2.39. The summed E-state index contributed by atoms with van der Waals surface area (Å²) >= 11 is 0. The Kier molecular flexibility index (Phi) is 3.05. The molecular weight excluding hydrogens is 287 g/mol. The summed E-state index contributed by atoms with van der Waals surface area (Å²) in [5, 5.41) is 9.51. The van der Waals surface area contributed by atoms with Crippen LogP contribution in [0.5, 0.6) is 5.75 Å². The average Bonchev–Trinajstić information content (AvgIpc) is 2.28. The first-order valence-corrected chi connectivity index (χ1v) is 5.48. The lowest BCUT2D eigenvalue weighted by Crippen LogP contribution is -2.62. The maximum atomic E-state index is 13.3. The van der Waals surface area contributed by atoms with Crippen molar-refractivity contribution >= 4 is 5.78 Å². The number of fused-ring (bicyclic) bond motifs is 1. The van der Waals surface area contributed by atoms with Crippen molar-refractivity contribution in [1.82, 2.24) is 0 Å². The van der Waals surface area contributed by atoms with Crippen molar-refractivity contribution in [1.29, 1.82) is 0 Å². The molecule has 1 aliphatic heterocycles. The van der Waals surface area contributed by atoms with Gasteiger partial charge in [-0.25, -0.2) is 0 Å². The number of ether oxygens (including phenoxy) is 1. The van der Waals surface area contributed by atoms with E-state index in [-0.39, 0.29) is 5.56 Å². The van der Waals surface area contributed by atoms with Crippen molar-refractivity contribution < 1.29 is 36.6 Å². The molecule has 110 valence electrons. The van der Waals surface area contributed by atoms with E-state index >= 15 is 0 Å². The molecule has 1 aromatic rings. The molecule has 0 aliphatic carbocycles. The predicted molar refractivity (Wildman–Crippen MR) is 56.7 cm³/mol. The van der Waals surface area contributed by atoms with Gasteiger partial charge in [0.1, 0.15) is 5.75 Å². The fourth-order valence-corrected chi connectivity index (χ4v) is 1.88. The van der Waals surface area contributed by atoms with Gasteiger partial charge in [-0.2, -0.15) is 22.0 Å². The lowest BCUT2D eigenvalue weighted by molar-refractivity contribution is -0.384. The van der Waals surface area contributed by atoms with E-state index in [4.69, 9.17) is 0 Å². The second-order valence-corrected chi connectivity index (χ2v) is 4.56. The minimum atomic E-state index is -6.04. The summed E-state index contributed by atoms with van der Waals surface area (Å²) < 4.78 is 68.0. The van der Waals surface area contributed by atoms with E-state index in [0.29, 0.717) is 5.56 Å². The first-order chi connectivity index (χ1) is 8.98. The number of carbonyl (C=O) groups excluding carboxylic acids is 1. The summed E-state index contributed by atoms with van der Waals surface area (Å²) in [6, 6.07) is 3.73. The van der Waals surface area contributed by atoms with Crippen LogP contribution in [0.15, 0.2) is 18.2 Å². The van der Waals surface area contributed by atoms with Crippen molar-refractivity contribution in [2.24, 2.45) is 0 Å². The van der Waals surface area contributed by atoms with Gasteiger partial charge < -0.3 is 9.84 Å². The van der Waals surface area contributed by atoms with Crippen LogP contribution in [0.4, 0.5) is 22.0 Å². The zero-order valence-corrected chi connectivity index (χ0v) is 10.1. The highest BCUT2D eigenvalue weighted by Crippen LogP contribution is 2.48. The van der Waals surface area contributed by atoms with Gasteiger partial charge in [0.05, 0.1) is 12.0 Å². The number of alkyl halides is 5. The van der Waals surface area contributed by atoms with E-state index in [1.807, 2.05) is 0 Å². The second kappa shape index (κ2) is 4.15. The number of aryl methyl sites for hydroxylation is 1. The Hall–Kier alpha value is -1.70. The molecule has 1 heterocycles. The molecule has 1 atom stereocenters. The van der Waals surface area contributed by atoms with Crippen molar-refractivity contribution in [3.63, 3.8) is 0 Å². The predicted octanol–water partition coefficient (Wildman–Crippen LogP) is 2.85. The Morgan fingerprint density at radius 2 is 1.85 bits per heavy atom. The number of benzene rings is 1. The normalized spacial score (nSPS) is 23.2. The van der Waals surface area contributed by atoms with E-state index in [0.717, 1.165) is 6.07 Å². The van der Waals surface area contributed by atoms with E-state index in [1.165, 1.54) is 12.1 Å². The van der Waals surface area contributed by atoms with Gasteiger partial charge in [0.25, 0.3) is 5.79 Å². The molecule has 0 spiro atoms. The quantitative estimate of drug-likeness (QED) is 0.811. The first kappa shape index (κ1) is 14.7. The molecule has 0 aromatic heterocycles. The number of ketones is 1. The Morgan fingerprint density at radius 1 is 1.25 bits per heavy atom. The van der Waals surface area contributed by atoms with E-state index in [2.05, 4.69) is 4.74 Å². The Morgan fingerprint density at radius 3 is 2.40 bits per heavy atom. The summed E-state index contributed by atoms with van der Waals surface area (Å²) in [5.41, 5.74) is 0.473. The molecule has 1 aliphatic rings. The maximum absolute atomic E-state index is 13.3. The summed E-state index contributed by atoms with van der Waals surface area (Å²) in [5.74, 6) is -11.1. The summed E-state index contributed by atoms with van der Waals surface area (Å²) in [6.45, 7) is 1.61. The highest BCUT2D eigenvalue weighted by molar-refractivity contribution is 6.00. The molecule has 8 heteroatoms. The Bertz CT molecular complexity index is 567. The number of rotatable bonds is 1. The fraction of sp³-hybridized carbons (Fsp3) is 0.417. The number of hydrogen-bond donors (Lipinski definition) is 1. The lowest BCUT2D eigenvalue weighted by atomic mass is 9.93. The van der Waals surface area contributed by atoms with Gasteiger partial charge in [-0.1, -0.05) is 11.6 Å². The summed E-state index contributed by atoms with van der Waals surface area (Å²) in [4.78, 5) is 11.7. The highest BCUT2D eigenvalue weighted by atomic mass is 19.4. The van der Waals surface area contributed by atoms with Gasteiger partial charge in [0.2, 0.25) is 0 Å². The third-order valence-electron chi connectivity index (χ3n) is 2.96. The number of carbonyl (C=O) groups is 1. The van der Waals surface area contributed by atoms with Crippen LogP contribution >= 0.6 is 0 Å². The van der Waals surface area contributed by atoms with Crippen LogP contribution in [0.25, 0.3) is 0 Å². The minimum absolute atomic E-state index is 0.132. The van der Waals surface area contributed by atoms with Crippen LogP contribution in [-0.2, 0) is 0 Å². The van der Waals surface area contributed by atoms with Gasteiger partial charge in [-0.05, 0) is 19.1 Å². The van der Waals surface area contributed by atoms with Gasteiger partial charge in [-0.3, -0.25) is 4.79 Å². The highest BCUT2D eigenvalue weighted by Gasteiger charge is 2.73. The number of aliphatic hydroxyl groups is 1. The Labute approximate surface area is 110 Å². The van der Waals surface area contributed by atoms with Gasteiger partial charge in [0.15, 0.2) is 5.78 Å². The molecule has 2 rings (SSSR count). The molecule has 0 bridgehead atoms. The van der Waals surface area contributed by atoms with Crippen LogP contribution in [0.2, 0.25) is 0 Å². The van der Waals surface area contributed by atoms with Crippen LogP contribution < -0.4 is 4.74 Å². The SMILES string of the molecule is Cc1ccc2c(c1)C(=O)C[C@](O)(C(F)(F)C(F)(F)F)O2. The zero-order chi connectivity index (χ0) is 15.3.